The summed E-state index contributed by atoms with van der Waals surface area (Å²) in [6, 6.07) is 18.4. The third-order valence-electron chi connectivity index (χ3n) is 4.25. The van der Waals surface area contributed by atoms with Crippen LogP contribution in [0.1, 0.15) is 27.5 Å². The summed E-state index contributed by atoms with van der Waals surface area (Å²) in [5.74, 6) is -0.613. The summed E-state index contributed by atoms with van der Waals surface area (Å²) in [6.45, 7) is 3.97. The van der Waals surface area contributed by atoms with Crippen molar-refractivity contribution >= 4 is 22.6 Å². The molecule has 0 amide bonds. The Kier molecular flexibility index (Phi) is 5.91. The van der Waals surface area contributed by atoms with Gasteiger partial charge in [0.15, 0.2) is 5.17 Å². The molecule has 0 aliphatic heterocycles. The van der Waals surface area contributed by atoms with Gasteiger partial charge in [-0.05, 0) is 60.4 Å². The van der Waals surface area contributed by atoms with Gasteiger partial charge in [0.1, 0.15) is 11.6 Å². The molecule has 0 bridgehead atoms. The monoisotopic (exact) mass is 382 g/mol. The molecule has 0 spiro atoms. The first-order chi connectivity index (χ1) is 12.9. The number of aliphatic imine (C=N–C) groups is 1. The molecule has 3 aromatic carbocycles. The summed E-state index contributed by atoms with van der Waals surface area (Å²) in [7, 11) is 0. The Bertz CT molecular complexity index is 885. The van der Waals surface area contributed by atoms with Gasteiger partial charge in [-0.3, -0.25) is 0 Å². The quantitative estimate of drug-likeness (QED) is 0.440. The van der Waals surface area contributed by atoms with Crippen LogP contribution in [-0.4, -0.2) is 5.17 Å². The third kappa shape index (κ3) is 4.74. The van der Waals surface area contributed by atoms with Gasteiger partial charge in [-0.2, -0.15) is 0 Å². The van der Waals surface area contributed by atoms with Crippen molar-refractivity contribution in [1.29, 1.82) is 0 Å². The maximum Gasteiger partial charge on any atom is 0.160 e. The highest BCUT2D eigenvalue weighted by atomic mass is 32.2. The molecule has 0 heterocycles. The number of hydrogen-bond acceptors (Lipinski definition) is 2. The highest BCUT2D eigenvalue weighted by Crippen LogP contribution is 2.37. The van der Waals surface area contributed by atoms with Gasteiger partial charge < -0.3 is 5.73 Å². The summed E-state index contributed by atoms with van der Waals surface area (Å²) in [4.78, 5) is 4.59. The number of hydrogen-bond donors (Lipinski definition) is 1. The Morgan fingerprint density at radius 2 is 1.26 bits per heavy atom. The van der Waals surface area contributed by atoms with E-state index >= 15 is 0 Å². The molecule has 138 valence electrons. The van der Waals surface area contributed by atoms with Gasteiger partial charge >= 0.3 is 0 Å². The minimum absolute atomic E-state index is 0.223. The summed E-state index contributed by atoms with van der Waals surface area (Å²) in [5.41, 5.74) is 10.9. The van der Waals surface area contributed by atoms with Crippen LogP contribution in [-0.2, 0) is 0 Å². The van der Waals surface area contributed by atoms with E-state index in [2.05, 4.69) is 4.99 Å². The molecule has 0 saturated heterocycles. The van der Waals surface area contributed by atoms with Crippen molar-refractivity contribution < 1.29 is 8.78 Å². The second-order valence-electron chi connectivity index (χ2n) is 6.29. The fourth-order valence-corrected chi connectivity index (χ4v) is 3.81. The first-order valence-corrected chi connectivity index (χ1v) is 9.40. The van der Waals surface area contributed by atoms with Crippen LogP contribution in [0.25, 0.3) is 0 Å². The van der Waals surface area contributed by atoms with Crippen molar-refractivity contribution in [2.45, 2.75) is 19.1 Å². The van der Waals surface area contributed by atoms with Gasteiger partial charge in [-0.1, -0.05) is 54.2 Å². The minimum atomic E-state index is -0.307. The summed E-state index contributed by atoms with van der Waals surface area (Å²) < 4.78 is 26.7. The Morgan fingerprint density at radius 3 is 1.70 bits per heavy atom. The Balaban J connectivity index is 1.97. The predicted octanol–water partition coefficient (Wildman–Crippen LogP) is 6.05. The molecular weight excluding hydrogens is 362 g/mol. The lowest BCUT2D eigenvalue weighted by molar-refractivity contribution is 0.626. The lowest BCUT2D eigenvalue weighted by Gasteiger charge is -2.18. The van der Waals surface area contributed by atoms with Gasteiger partial charge in [-0.15, -0.1) is 0 Å². The van der Waals surface area contributed by atoms with E-state index in [0.29, 0.717) is 5.17 Å². The van der Waals surface area contributed by atoms with E-state index in [1.165, 1.54) is 36.0 Å². The molecule has 2 N–H and O–H groups in total. The van der Waals surface area contributed by atoms with Gasteiger partial charge in [0.2, 0.25) is 0 Å². The van der Waals surface area contributed by atoms with Crippen LogP contribution in [0.2, 0.25) is 0 Å². The maximum absolute atomic E-state index is 13.3. The van der Waals surface area contributed by atoms with E-state index in [1.807, 2.05) is 32.0 Å². The van der Waals surface area contributed by atoms with Crippen molar-refractivity contribution in [3.8, 4) is 0 Å². The van der Waals surface area contributed by atoms with Crippen LogP contribution in [0, 0.1) is 25.5 Å². The molecular formula is C22H20F2N2S. The number of amidine groups is 1. The van der Waals surface area contributed by atoms with E-state index in [1.54, 1.807) is 24.3 Å². The van der Waals surface area contributed by atoms with Crippen molar-refractivity contribution in [3.63, 3.8) is 0 Å². The fourth-order valence-electron chi connectivity index (χ4n) is 2.84. The maximum atomic E-state index is 13.3. The number of rotatable bonds is 4. The largest absolute Gasteiger partial charge is 0.378 e. The van der Waals surface area contributed by atoms with Gasteiger partial charge in [0.25, 0.3) is 0 Å². The van der Waals surface area contributed by atoms with E-state index in [0.717, 1.165) is 27.9 Å². The zero-order valence-corrected chi connectivity index (χ0v) is 15.9. The standard InChI is InChI=1S/C22H20F2N2S/c1-14-4-3-5-15(2)20(14)26-22(25)27-21(16-6-10-18(23)11-7-16)17-8-12-19(24)13-9-17/h3-13,21H,1-2H3,(H2,25,26). The van der Waals surface area contributed by atoms with Crippen LogP contribution in [0.5, 0.6) is 0 Å². The van der Waals surface area contributed by atoms with Crippen LogP contribution >= 0.6 is 11.8 Å². The number of nitrogens with two attached hydrogens (primary N) is 1. The molecule has 0 aliphatic rings. The second kappa shape index (κ2) is 8.35. The SMILES string of the molecule is Cc1cccc(C)c1N=C(N)SC(c1ccc(F)cc1)c1ccc(F)cc1. The molecule has 0 atom stereocenters. The first kappa shape index (κ1) is 19.1. The fraction of sp³-hybridized carbons (Fsp3) is 0.136. The van der Waals surface area contributed by atoms with Gasteiger partial charge in [0, 0.05) is 0 Å². The zero-order valence-electron chi connectivity index (χ0n) is 15.1. The van der Waals surface area contributed by atoms with E-state index < -0.39 is 0 Å². The molecule has 2 nitrogen and oxygen atoms in total. The molecule has 0 saturated carbocycles. The van der Waals surface area contributed by atoms with E-state index in [4.69, 9.17) is 5.73 Å². The van der Waals surface area contributed by atoms with Crippen LogP contribution in [0.15, 0.2) is 71.7 Å². The summed E-state index contributed by atoms with van der Waals surface area (Å²) in [6.07, 6.45) is 0. The average Bonchev–Trinajstić information content (AvgIpc) is 2.65. The number of aryl methyl sites for hydroxylation is 2. The van der Waals surface area contributed by atoms with E-state index in [9.17, 15) is 8.78 Å². The molecule has 0 unspecified atom stereocenters. The van der Waals surface area contributed by atoms with Crippen molar-refractivity contribution in [2.75, 3.05) is 0 Å². The molecule has 0 radical (unpaired) electrons. The average molecular weight is 382 g/mol. The first-order valence-electron chi connectivity index (χ1n) is 8.52. The van der Waals surface area contributed by atoms with Crippen LogP contribution < -0.4 is 5.73 Å². The lowest BCUT2D eigenvalue weighted by Crippen LogP contribution is -2.11. The molecule has 27 heavy (non-hydrogen) atoms. The number of halogens is 2. The van der Waals surface area contributed by atoms with Crippen molar-refractivity contribution in [3.05, 3.63) is 101 Å². The van der Waals surface area contributed by atoms with E-state index in [-0.39, 0.29) is 16.9 Å². The topological polar surface area (TPSA) is 38.4 Å². The predicted molar refractivity (Wildman–Crippen MR) is 109 cm³/mol. The highest BCUT2D eigenvalue weighted by Gasteiger charge is 2.17. The number of thioether (sulfide) groups is 1. The molecule has 3 rings (SSSR count). The normalized spacial score (nSPS) is 11.8. The molecule has 3 aromatic rings. The zero-order chi connectivity index (χ0) is 19.4. The number of para-hydroxylation sites is 1. The smallest absolute Gasteiger partial charge is 0.160 e. The molecule has 0 aromatic heterocycles. The molecule has 0 fully saturated rings. The van der Waals surface area contributed by atoms with Gasteiger partial charge in [0.05, 0.1) is 10.9 Å². The summed E-state index contributed by atoms with van der Waals surface area (Å²) >= 11 is 1.36. The number of benzene rings is 3. The third-order valence-corrected chi connectivity index (χ3v) is 5.36. The molecule has 0 aliphatic carbocycles. The summed E-state index contributed by atoms with van der Waals surface area (Å²) in [5, 5.41) is 0.172. The minimum Gasteiger partial charge on any atom is -0.378 e. The van der Waals surface area contributed by atoms with Crippen LogP contribution in [0.3, 0.4) is 0 Å². The van der Waals surface area contributed by atoms with Crippen molar-refractivity contribution in [1.82, 2.24) is 0 Å². The van der Waals surface area contributed by atoms with Crippen LogP contribution in [0.4, 0.5) is 14.5 Å². The number of nitrogens with zero attached hydrogens (tertiary/aromatic N) is 1. The second-order valence-corrected chi connectivity index (χ2v) is 7.42. The molecule has 5 heteroatoms. The van der Waals surface area contributed by atoms with Gasteiger partial charge in [-0.25, -0.2) is 13.8 Å². The Hall–Kier alpha value is -2.66. The lowest BCUT2D eigenvalue weighted by atomic mass is 10.0. The highest BCUT2D eigenvalue weighted by molar-refractivity contribution is 8.14. The Morgan fingerprint density at radius 1 is 0.815 bits per heavy atom. The van der Waals surface area contributed by atoms with Crippen molar-refractivity contribution in [2.24, 2.45) is 10.7 Å². The Labute approximate surface area is 162 Å².